The summed E-state index contributed by atoms with van der Waals surface area (Å²) in [5, 5.41) is 8.42. The van der Waals surface area contributed by atoms with Gasteiger partial charge in [-0.25, -0.2) is 0 Å². The predicted molar refractivity (Wildman–Crippen MR) is 89.5 cm³/mol. The molecule has 0 spiro atoms. The van der Waals surface area contributed by atoms with Crippen molar-refractivity contribution in [1.29, 1.82) is 0 Å². The number of hydrogen-bond acceptors (Lipinski definition) is 3. The van der Waals surface area contributed by atoms with E-state index in [0.717, 1.165) is 30.8 Å². The molecule has 4 nitrogen and oxygen atoms in total. The van der Waals surface area contributed by atoms with Crippen molar-refractivity contribution in [2.75, 3.05) is 7.11 Å². The van der Waals surface area contributed by atoms with Crippen molar-refractivity contribution < 1.29 is 4.74 Å². The second-order valence-electron chi connectivity index (χ2n) is 6.03. The molecule has 0 N–H and O–H groups in total. The summed E-state index contributed by atoms with van der Waals surface area (Å²) in [4.78, 5) is 0. The van der Waals surface area contributed by atoms with Gasteiger partial charge in [0.1, 0.15) is 5.75 Å². The zero-order valence-corrected chi connectivity index (χ0v) is 14.3. The number of hydrogen-bond donors (Lipinski definition) is 0. The summed E-state index contributed by atoms with van der Waals surface area (Å²) in [7, 11) is 1.74. The highest BCUT2D eigenvalue weighted by Gasteiger charge is 2.16. The number of benzene rings is 1. The molecule has 120 valence electrons. The first-order chi connectivity index (χ1) is 10.6. The maximum atomic E-state index is 5.49. The van der Waals surface area contributed by atoms with E-state index in [1.165, 1.54) is 11.1 Å². The predicted octanol–water partition coefficient (Wildman–Crippen LogP) is 4.17. The summed E-state index contributed by atoms with van der Waals surface area (Å²) < 4.78 is 7.37. The minimum atomic E-state index is 0.452. The SMILES string of the molecule is CCC(Cc1cn(CC)nn1)c1ccc(OC)c(C(C)C)c1. The number of aryl methyl sites for hydroxylation is 1. The van der Waals surface area contributed by atoms with Gasteiger partial charge in [0.2, 0.25) is 0 Å². The highest BCUT2D eigenvalue weighted by atomic mass is 16.5. The van der Waals surface area contributed by atoms with Gasteiger partial charge in [-0.1, -0.05) is 38.1 Å². The number of nitrogens with zero attached hydrogens (tertiary/aromatic N) is 3. The van der Waals surface area contributed by atoms with E-state index < -0.39 is 0 Å². The standard InChI is InChI=1S/C18H27N3O/c1-6-14(10-16-12-21(7-2)20-19-16)15-8-9-18(22-5)17(11-15)13(3)4/h8-9,11-14H,6-7,10H2,1-5H3. The second-order valence-corrected chi connectivity index (χ2v) is 6.03. The van der Waals surface area contributed by atoms with Gasteiger partial charge in [0.05, 0.1) is 12.8 Å². The molecular weight excluding hydrogens is 274 g/mol. The summed E-state index contributed by atoms with van der Waals surface area (Å²) in [6, 6.07) is 6.57. The summed E-state index contributed by atoms with van der Waals surface area (Å²) >= 11 is 0. The maximum absolute atomic E-state index is 5.49. The lowest BCUT2D eigenvalue weighted by molar-refractivity contribution is 0.407. The average Bonchev–Trinajstić information content (AvgIpc) is 2.99. The van der Waals surface area contributed by atoms with Crippen LogP contribution in [0.4, 0.5) is 0 Å². The molecule has 0 aliphatic carbocycles. The lowest BCUT2D eigenvalue weighted by atomic mass is 9.89. The Morgan fingerprint density at radius 2 is 2.00 bits per heavy atom. The molecule has 0 aliphatic heterocycles. The molecule has 2 aromatic rings. The third kappa shape index (κ3) is 3.67. The molecular formula is C18H27N3O. The van der Waals surface area contributed by atoms with Crippen molar-refractivity contribution in [3.63, 3.8) is 0 Å². The maximum Gasteiger partial charge on any atom is 0.122 e. The first-order valence-electron chi connectivity index (χ1n) is 8.15. The highest BCUT2D eigenvalue weighted by molar-refractivity contribution is 5.40. The van der Waals surface area contributed by atoms with Crippen molar-refractivity contribution in [2.24, 2.45) is 0 Å². The van der Waals surface area contributed by atoms with Gasteiger partial charge >= 0.3 is 0 Å². The third-order valence-corrected chi connectivity index (χ3v) is 4.21. The quantitative estimate of drug-likeness (QED) is 0.770. The van der Waals surface area contributed by atoms with Crippen LogP contribution in [0.25, 0.3) is 0 Å². The van der Waals surface area contributed by atoms with Gasteiger partial charge in [-0.2, -0.15) is 0 Å². The van der Waals surface area contributed by atoms with Crippen LogP contribution >= 0.6 is 0 Å². The molecule has 0 saturated heterocycles. The summed E-state index contributed by atoms with van der Waals surface area (Å²) in [6.45, 7) is 9.58. The van der Waals surface area contributed by atoms with Gasteiger partial charge in [-0.15, -0.1) is 5.10 Å². The summed E-state index contributed by atoms with van der Waals surface area (Å²) in [5.74, 6) is 1.89. The largest absolute Gasteiger partial charge is 0.496 e. The highest BCUT2D eigenvalue weighted by Crippen LogP contribution is 2.32. The molecule has 1 atom stereocenters. The Morgan fingerprint density at radius 3 is 2.55 bits per heavy atom. The van der Waals surface area contributed by atoms with Crippen molar-refractivity contribution in [3.8, 4) is 5.75 Å². The van der Waals surface area contributed by atoms with E-state index in [9.17, 15) is 0 Å². The van der Waals surface area contributed by atoms with Crippen LogP contribution in [0.5, 0.6) is 5.75 Å². The van der Waals surface area contributed by atoms with Gasteiger partial charge in [-0.05, 0) is 48.8 Å². The number of rotatable bonds is 7. The van der Waals surface area contributed by atoms with E-state index in [1.807, 2.05) is 4.68 Å². The topological polar surface area (TPSA) is 39.9 Å². The second kappa shape index (κ2) is 7.43. The van der Waals surface area contributed by atoms with E-state index >= 15 is 0 Å². The van der Waals surface area contributed by atoms with Crippen LogP contribution in [0, 0.1) is 0 Å². The lowest BCUT2D eigenvalue weighted by Crippen LogP contribution is -2.04. The van der Waals surface area contributed by atoms with Crippen LogP contribution in [0.3, 0.4) is 0 Å². The van der Waals surface area contributed by atoms with Crippen molar-refractivity contribution in [1.82, 2.24) is 15.0 Å². The molecule has 1 aromatic heterocycles. The zero-order valence-electron chi connectivity index (χ0n) is 14.3. The molecule has 1 heterocycles. The molecule has 1 unspecified atom stereocenters. The number of ether oxygens (including phenoxy) is 1. The van der Waals surface area contributed by atoms with Gasteiger partial charge in [0.25, 0.3) is 0 Å². The van der Waals surface area contributed by atoms with E-state index in [0.29, 0.717) is 11.8 Å². The Morgan fingerprint density at radius 1 is 1.23 bits per heavy atom. The van der Waals surface area contributed by atoms with Crippen LogP contribution in [-0.4, -0.2) is 22.1 Å². The number of methoxy groups -OCH3 is 1. The molecule has 0 radical (unpaired) electrons. The third-order valence-electron chi connectivity index (χ3n) is 4.21. The molecule has 0 bridgehead atoms. The van der Waals surface area contributed by atoms with Gasteiger partial charge in [0, 0.05) is 12.7 Å². The fourth-order valence-corrected chi connectivity index (χ4v) is 2.79. The fraction of sp³-hybridized carbons (Fsp3) is 0.556. The van der Waals surface area contributed by atoms with E-state index in [2.05, 4.69) is 62.4 Å². The van der Waals surface area contributed by atoms with E-state index in [1.54, 1.807) is 7.11 Å². The first-order valence-corrected chi connectivity index (χ1v) is 8.15. The lowest BCUT2D eigenvalue weighted by Gasteiger charge is -2.18. The van der Waals surface area contributed by atoms with Crippen LogP contribution in [0.2, 0.25) is 0 Å². The fourth-order valence-electron chi connectivity index (χ4n) is 2.79. The first kappa shape index (κ1) is 16.5. The van der Waals surface area contributed by atoms with Crippen LogP contribution in [-0.2, 0) is 13.0 Å². The molecule has 0 amide bonds. The smallest absolute Gasteiger partial charge is 0.122 e. The Bertz CT molecular complexity index is 604. The van der Waals surface area contributed by atoms with Gasteiger partial charge < -0.3 is 4.74 Å². The molecule has 1 aromatic carbocycles. The molecule has 0 fully saturated rings. The molecule has 0 aliphatic rings. The van der Waals surface area contributed by atoms with Crippen molar-refractivity contribution >= 4 is 0 Å². The van der Waals surface area contributed by atoms with Gasteiger partial charge in [-0.3, -0.25) is 4.68 Å². The number of aromatic nitrogens is 3. The molecule has 22 heavy (non-hydrogen) atoms. The Hall–Kier alpha value is -1.84. The van der Waals surface area contributed by atoms with Crippen molar-refractivity contribution in [3.05, 3.63) is 41.2 Å². The van der Waals surface area contributed by atoms with Gasteiger partial charge in [0.15, 0.2) is 0 Å². The monoisotopic (exact) mass is 301 g/mol. The molecule has 0 saturated carbocycles. The minimum absolute atomic E-state index is 0.452. The molecule has 2 rings (SSSR count). The Labute approximate surface area is 133 Å². The minimum Gasteiger partial charge on any atom is -0.496 e. The Kier molecular flexibility index (Phi) is 5.58. The van der Waals surface area contributed by atoms with Crippen LogP contribution in [0.1, 0.15) is 62.8 Å². The van der Waals surface area contributed by atoms with Crippen LogP contribution < -0.4 is 4.74 Å². The Balaban J connectivity index is 2.24. The van der Waals surface area contributed by atoms with E-state index in [-0.39, 0.29) is 0 Å². The average molecular weight is 301 g/mol. The zero-order chi connectivity index (χ0) is 16.1. The van der Waals surface area contributed by atoms with Crippen LogP contribution in [0.15, 0.2) is 24.4 Å². The normalized spacial score (nSPS) is 12.6. The summed E-state index contributed by atoms with van der Waals surface area (Å²) in [6.07, 6.45) is 4.07. The summed E-state index contributed by atoms with van der Waals surface area (Å²) in [5.41, 5.74) is 3.70. The van der Waals surface area contributed by atoms with Crippen molar-refractivity contribution in [2.45, 2.75) is 58.9 Å². The van der Waals surface area contributed by atoms with E-state index in [4.69, 9.17) is 4.74 Å². The molecule has 4 heteroatoms.